The van der Waals surface area contributed by atoms with E-state index in [9.17, 15) is 9.18 Å². The van der Waals surface area contributed by atoms with Crippen molar-refractivity contribution in [2.24, 2.45) is 0 Å². The lowest BCUT2D eigenvalue weighted by Crippen LogP contribution is -2.31. The smallest absolute Gasteiger partial charge is 0.255 e. The number of hydrogen-bond acceptors (Lipinski definition) is 7. The van der Waals surface area contributed by atoms with Gasteiger partial charge in [0.05, 0.1) is 18.4 Å². The number of hydrogen-bond donors (Lipinski definition) is 2. The molecule has 1 amide bonds. The van der Waals surface area contributed by atoms with Crippen LogP contribution >= 0.6 is 27.7 Å². The van der Waals surface area contributed by atoms with Crippen LogP contribution in [-0.4, -0.2) is 27.8 Å². The van der Waals surface area contributed by atoms with Crippen LogP contribution in [0.2, 0.25) is 0 Å². The number of nitrogens with one attached hydrogen (secondary N) is 2. The summed E-state index contributed by atoms with van der Waals surface area (Å²) in [6.45, 7) is 2.26. The van der Waals surface area contributed by atoms with Gasteiger partial charge in [-0.05, 0) is 66.1 Å². The van der Waals surface area contributed by atoms with Crippen LogP contribution in [0.15, 0.2) is 118 Å². The van der Waals surface area contributed by atoms with Crippen molar-refractivity contribution in [1.29, 1.82) is 0 Å². The number of thioether (sulfide) groups is 1. The highest BCUT2D eigenvalue weighted by atomic mass is 79.9. The van der Waals surface area contributed by atoms with E-state index in [4.69, 9.17) is 14.6 Å². The standard InChI is InChI=1S/C34H29BrFN5O3S/c1-21-30(32(42)38-28-9-5-6-10-29(28)43-2)31(23-13-17-26(18-14-23)44-19-22-11-15-25(35)16-12-22)41-33(37-21)39-34(40-41)45-20-24-7-3-4-8-27(24)36/h3-18,31H,19-20H2,1-2H3,(H,38,42)(H,37,39,40). The lowest BCUT2D eigenvalue weighted by molar-refractivity contribution is -0.113. The molecule has 1 unspecified atom stereocenters. The molecule has 2 heterocycles. The van der Waals surface area contributed by atoms with Gasteiger partial charge in [-0.1, -0.05) is 82.3 Å². The summed E-state index contributed by atoms with van der Waals surface area (Å²) in [6.07, 6.45) is 0. The number of methoxy groups -OCH3 is 1. The van der Waals surface area contributed by atoms with Crippen molar-refractivity contribution in [3.8, 4) is 11.5 Å². The average molecular weight is 687 g/mol. The quantitative estimate of drug-likeness (QED) is 0.144. The molecule has 0 spiro atoms. The van der Waals surface area contributed by atoms with E-state index < -0.39 is 6.04 Å². The molecular formula is C34H29BrFN5O3S. The first-order valence-corrected chi connectivity index (χ1v) is 15.9. The molecule has 45 heavy (non-hydrogen) atoms. The first kappa shape index (κ1) is 30.4. The van der Waals surface area contributed by atoms with Crippen LogP contribution in [0.5, 0.6) is 11.5 Å². The molecule has 0 radical (unpaired) electrons. The topological polar surface area (TPSA) is 90.3 Å². The number of fused-ring (bicyclic) bond motifs is 1. The van der Waals surface area contributed by atoms with Crippen molar-refractivity contribution in [2.75, 3.05) is 17.7 Å². The van der Waals surface area contributed by atoms with E-state index in [1.54, 1.807) is 42.1 Å². The number of aromatic nitrogens is 3. The molecule has 0 aliphatic carbocycles. The fraction of sp³-hybridized carbons (Fsp3) is 0.147. The number of carbonyl (C=O) groups is 1. The summed E-state index contributed by atoms with van der Waals surface area (Å²) < 4.78 is 28.5. The zero-order valence-corrected chi connectivity index (χ0v) is 26.9. The Morgan fingerprint density at radius 1 is 1.02 bits per heavy atom. The number of carbonyl (C=O) groups excluding carboxylic acids is 1. The molecule has 4 aromatic carbocycles. The summed E-state index contributed by atoms with van der Waals surface area (Å²) in [5.41, 5.74) is 4.06. The van der Waals surface area contributed by atoms with Crippen molar-refractivity contribution in [3.63, 3.8) is 0 Å². The number of benzene rings is 4. The maximum atomic E-state index is 14.3. The summed E-state index contributed by atoms with van der Waals surface area (Å²) >= 11 is 4.78. The van der Waals surface area contributed by atoms with Gasteiger partial charge < -0.3 is 20.1 Å². The minimum absolute atomic E-state index is 0.278. The molecule has 8 nitrogen and oxygen atoms in total. The van der Waals surface area contributed by atoms with E-state index in [-0.39, 0.29) is 11.7 Å². The molecule has 2 N–H and O–H groups in total. The second kappa shape index (κ2) is 13.6. The molecule has 0 fully saturated rings. The van der Waals surface area contributed by atoms with Gasteiger partial charge in [-0.3, -0.25) is 4.79 Å². The fourth-order valence-corrected chi connectivity index (χ4v) is 6.06. The monoisotopic (exact) mass is 685 g/mol. The van der Waals surface area contributed by atoms with E-state index in [2.05, 4.69) is 31.5 Å². The molecular weight excluding hydrogens is 657 g/mol. The number of halogens is 2. The fourth-order valence-electron chi connectivity index (χ4n) is 4.98. The highest BCUT2D eigenvalue weighted by Crippen LogP contribution is 2.38. The molecule has 6 rings (SSSR count). The summed E-state index contributed by atoms with van der Waals surface area (Å²) in [6, 6.07) is 28.8. The van der Waals surface area contributed by atoms with Gasteiger partial charge in [0, 0.05) is 15.9 Å². The Balaban J connectivity index is 1.30. The number of anilines is 2. The Labute approximate surface area is 272 Å². The minimum atomic E-state index is -0.605. The molecule has 1 aliphatic heterocycles. The maximum Gasteiger partial charge on any atom is 0.255 e. The van der Waals surface area contributed by atoms with Crippen LogP contribution in [0.1, 0.15) is 29.7 Å². The Bertz CT molecular complexity index is 1860. The van der Waals surface area contributed by atoms with E-state index in [1.807, 2.05) is 67.6 Å². The Morgan fingerprint density at radius 3 is 2.51 bits per heavy atom. The molecule has 228 valence electrons. The van der Waals surface area contributed by atoms with Crippen LogP contribution in [0, 0.1) is 5.82 Å². The maximum absolute atomic E-state index is 14.3. The van der Waals surface area contributed by atoms with E-state index in [0.29, 0.717) is 57.5 Å². The van der Waals surface area contributed by atoms with Gasteiger partial charge in [-0.25, -0.2) is 9.07 Å². The highest BCUT2D eigenvalue weighted by molar-refractivity contribution is 9.10. The Kier molecular flexibility index (Phi) is 9.18. The highest BCUT2D eigenvalue weighted by Gasteiger charge is 2.34. The molecule has 0 bridgehead atoms. The van der Waals surface area contributed by atoms with Gasteiger partial charge in [0.15, 0.2) is 0 Å². The molecule has 1 aliphatic rings. The summed E-state index contributed by atoms with van der Waals surface area (Å²) in [4.78, 5) is 18.6. The van der Waals surface area contributed by atoms with Crippen molar-refractivity contribution in [3.05, 3.63) is 135 Å². The number of ether oxygens (including phenoxy) is 2. The average Bonchev–Trinajstić information content (AvgIpc) is 3.46. The van der Waals surface area contributed by atoms with Gasteiger partial charge in [0.25, 0.3) is 5.91 Å². The number of para-hydroxylation sites is 2. The van der Waals surface area contributed by atoms with E-state index in [0.717, 1.165) is 15.6 Å². The Morgan fingerprint density at radius 2 is 1.76 bits per heavy atom. The normalized spacial score (nSPS) is 14.0. The van der Waals surface area contributed by atoms with Crippen molar-refractivity contribution in [2.45, 2.75) is 30.5 Å². The molecule has 0 saturated carbocycles. The number of nitrogens with zero attached hydrogens (tertiary/aromatic N) is 3. The molecule has 0 saturated heterocycles. The van der Waals surface area contributed by atoms with Crippen LogP contribution < -0.4 is 20.1 Å². The lowest BCUT2D eigenvalue weighted by atomic mass is 9.95. The van der Waals surface area contributed by atoms with Crippen molar-refractivity contribution < 1.29 is 18.7 Å². The van der Waals surface area contributed by atoms with Gasteiger partial charge in [0.2, 0.25) is 11.1 Å². The molecule has 5 aromatic rings. The van der Waals surface area contributed by atoms with Gasteiger partial charge in [-0.15, -0.1) is 5.10 Å². The van der Waals surface area contributed by atoms with Gasteiger partial charge in [0.1, 0.15) is 30.0 Å². The van der Waals surface area contributed by atoms with Crippen LogP contribution in [-0.2, 0) is 17.2 Å². The zero-order valence-electron chi connectivity index (χ0n) is 24.5. The second-order valence-electron chi connectivity index (χ2n) is 10.2. The summed E-state index contributed by atoms with van der Waals surface area (Å²) in [5, 5.41) is 11.5. The van der Waals surface area contributed by atoms with Gasteiger partial charge in [-0.2, -0.15) is 4.98 Å². The third-order valence-corrected chi connectivity index (χ3v) is 8.68. The molecule has 1 atom stereocenters. The number of rotatable bonds is 10. The van der Waals surface area contributed by atoms with Crippen LogP contribution in [0.25, 0.3) is 0 Å². The predicted molar refractivity (Wildman–Crippen MR) is 177 cm³/mol. The molecule has 11 heteroatoms. The van der Waals surface area contributed by atoms with E-state index >= 15 is 0 Å². The van der Waals surface area contributed by atoms with E-state index in [1.165, 1.54) is 17.8 Å². The first-order valence-electron chi connectivity index (χ1n) is 14.1. The van der Waals surface area contributed by atoms with Crippen molar-refractivity contribution >= 4 is 45.2 Å². The first-order chi connectivity index (χ1) is 21.9. The third-order valence-electron chi connectivity index (χ3n) is 7.26. The Hall–Kier alpha value is -4.61. The number of allylic oxidation sites excluding steroid dienone is 1. The second-order valence-corrected chi connectivity index (χ2v) is 12.1. The number of amides is 1. The lowest BCUT2D eigenvalue weighted by Gasteiger charge is -2.29. The van der Waals surface area contributed by atoms with Crippen molar-refractivity contribution in [1.82, 2.24) is 14.8 Å². The SMILES string of the molecule is COc1ccccc1NC(=O)C1=C(C)Nc2nc(SCc3ccccc3F)nn2C1c1ccc(OCc2ccc(Br)cc2)cc1. The minimum Gasteiger partial charge on any atom is -0.495 e. The summed E-state index contributed by atoms with van der Waals surface area (Å²) in [7, 11) is 1.56. The largest absolute Gasteiger partial charge is 0.495 e. The van der Waals surface area contributed by atoms with Gasteiger partial charge >= 0.3 is 0 Å². The zero-order chi connectivity index (χ0) is 31.3. The third kappa shape index (κ3) is 6.89. The summed E-state index contributed by atoms with van der Waals surface area (Å²) in [5.74, 6) is 1.49. The van der Waals surface area contributed by atoms with Crippen LogP contribution in [0.4, 0.5) is 16.0 Å². The van der Waals surface area contributed by atoms with Crippen LogP contribution in [0.3, 0.4) is 0 Å². The molecule has 1 aromatic heterocycles. The predicted octanol–water partition coefficient (Wildman–Crippen LogP) is 7.99.